The number of piperidine rings is 1. The molecule has 98 valence electrons. The van der Waals surface area contributed by atoms with E-state index in [1.807, 2.05) is 0 Å². The van der Waals surface area contributed by atoms with Gasteiger partial charge < -0.3 is 10.2 Å². The zero-order valence-corrected chi connectivity index (χ0v) is 11.8. The number of anilines is 1. The molecule has 1 N–H and O–H groups in total. The average Bonchev–Trinajstić information content (AvgIpc) is 2.32. The number of likely N-dealkylation sites (tertiary alicyclic amines) is 1. The van der Waals surface area contributed by atoms with Crippen LogP contribution in [0.1, 0.15) is 12.8 Å². The van der Waals surface area contributed by atoms with Gasteiger partial charge in [0, 0.05) is 16.6 Å². The number of halogens is 1. The summed E-state index contributed by atoms with van der Waals surface area (Å²) in [5.74, 6) is 0. The molecule has 0 aromatic heterocycles. The van der Waals surface area contributed by atoms with Crippen molar-refractivity contribution >= 4 is 27.3 Å². The molecule has 1 saturated heterocycles. The van der Waals surface area contributed by atoms with Crippen LogP contribution in [0.4, 0.5) is 11.4 Å². The minimum atomic E-state index is -0.344. The molecule has 18 heavy (non-hydrogen) atoms. The molecule has 1 aliphatic rings. The number of hydrogen-bond donors (Lipinski definition) is 1. The van der Waals surface area contributed by atoms with E-state index in [4.69, 9.17) is 0 Å². The van der Waals surface area contributed by atoms with Gasteiger partial charge in [-0.25, -0.2) is 0 Å². The molecule has 0 aliphatic carbocycles. The van der Waals surface area contributed by atoms with Crippen molar-refractivity contribution < 1.29 is 4.92 Å². The first-order valence-corrected chi connectivity index (χ1v) is 6.74. The molecule has 1 heterocycles. The topological polar surface area (TPSA) is 58.4 Å². The fourth-order valence-electron chi connectivity index (χ4n) is 2.16. The highest BCUT2D eigenvalue weighted by Crippen LogP contribution is 2.29. The van der Waals surface area contributed by atoms with E-state index in [0.717, 1.165) is 30.4 Å². The summed E-state index contributed by atoms with van der Waals surface area (Å²) in [5.41, 5.74) is 0.737. The molecule has 1 fully saturated rings. The highest BCUT2D eigenvalue weighted by atomic mass is 79.9. The Hall–Kier alpha value is -1.14. The Balaban J connectivity index is 2.12. The Bertz CT molecular complexity index is 445. The third kappa shape index (κ3) is 3.20. The van der Waals surface area contributed by atoms with Crippen molar-refractivity contribution in [2.45, 2.75) is 18.9 Å². The predicted molar refractivity (Wildman–Crippen MR) is 74.9 cm³/mol. The molecule has 0 spiro atoms. The van der Waals surface area contributed by atoms with Gasteiger partial charge >= 0.3 is 0 Å². The molecule has 1 aliphatic heterocycles. The van der Waals surface area contributed by atoms with E-state index < -0.39 is 0 Å². The van der Waals surface area contributed by atoms with Crippen LogP contribution in [0.15, 0.2) is 22.7 Å². The number of nitrogens with one attached hydrogen (secondary N) is 1. The van der Waals surface area contributed by atoms with Gasteiger partial charge in [0.25, 0.3) is 5.69 Å². The summed E-state index contributed by atoms with van der Waals surface area (Å²) in [7, 11) is 2.10. The molecule has 5 nitrogen and oxygen atoms in total. The Morgan fingerprint density at radius 1 is 1.44 bits per heavy atom. The lowest BCUT2D eigenvalue weighted by molar-refractivity contribution is -0.384. The van der Waals surface area contributed by atoms with Crippen LogP contribution in [-0.4, -0.2) is 36.0 Å². The molecule has 0 bridgehead atoms. The normalized spacial score (nSPS) is 17.7. The second-order valence-electron chi connectivity index (χ2n) is 4.64. The summed E-state index contributed by atoms with van der Waals surface area (Å²) in [5, 5.41) is 14.3. The molecule has 1 aromatic rings. The van der Waals surface area contributed by atoms with E-state index in [1.165, 1.54) is 6.07 Å². The van der Waals surface area contributed by atoms with E-state index in [2.05, 4.69) is 33.2 Å². The van der Waals surface area contributed by atoms with Gasteiger partial charge in [0.15, 0.2) is 0 Å². The first-order valence-electron chi connectivity index (χ1n) is 5.95. The summed E-state index contributed by atoms with van der Waals surface area (Å²) in [6, 6.07) is 5.31. The van der Waals surface area contributed by atoms with Gasteiger partial charge in [-0.05, 0) is 45.1 Å². The molecule has 0 saturated carbocycles. The minimum Gasteiger partial charge on any atom is -0.377 e. The number of hydrogen-bond acceptors (Lipinski definition) is 4. The Morgan fingerprint density at radius 2 is 2.11 bits per heavy atom. The van der Waals surface area contributed by atoms with Crippen LogP contribution in [0.3, 0.4) is 0 Å². The maximum absolute atomic E-state index is 11.0. The molecule has 0 atom stereocenters. The quantitative estimate of drug-likeness (QED) is 0.688. The smallest absolute Gasteiger partial charge is 0.292 e. The summed E-state index contributed by atoms with van der Waals surface area (Å²) in [6.07, 6.45) is 2.03. The van der Waals surface area contributed by atoms with E-state index in [-0.39, 0.29) is 10.6 Å². The zero-order valence-electron chi connectivity index (χ0n) is 10.2. The fourth-order valence-corrected chi connectivity index (χ4v) is 2.52. The lowest BCUT2D eigenvalue weighted by Gasteiger charge is -2.30. The van der Waals surface area contributed by atoms with E-state index in [0.29, 0.717) is 11.7 Å². The van der Waals surface area contributed by atoms with Gasteiger partial charge in [-0.2, -0.15) is 0 Å². The fraction of sp³-hybridized carbons (Fsp3) is 0.500. The van der Waals surface area contributed by atoms with Crippen molar-refractivity contribution in [3.8, 4) is 0 Å². The van der Waals surface area contributed by atoms with Crippen molar-refractivity contribution in [1.82, 2.24) is 4.90 Å². The van der Waals surface area contributed by atoms with Gasteiger partial charge in [-0.15, -0.1) is 0 Å². The van der Waals surface area contributed by atoms with Crippen LogP contribution in [-0.2, 0) is 0 Å². The predicted octanol–water partition coefficient (Wildman–Crippen LogP) is 2.86. The maximum Gasteiger partial charge on any atom is 0.292 e. The molecule has 1 aromatic carbocycles. The first-order chi connectivity index (χ1) is 8.56. The summed E-state index contributed by atoms with van der Waals surface area (Å²) in [6.45, 7) is 2.05. The lowest BCUT2D eigenvalue weighted by Crippen LogP contribution is -2.36. The number of nitro benzene ring substituents is 1. The van der Waals surface area contributed by atoms with Crippen LogP contribution in [0.2, 0.25) is 0 Å². The SMILES string of the molecule is CN1CCC(Nc2cc(Br)ccc2[N+](=O)[O-])CC1. The molecule has 2 rings (SSSR count). The van der Waals surface area contributed by atoms with E-state index in [9.17, 15) is 10.1 Å². The Morgan fingerprint density at radius 3 is 2.72 bits per heavy atom. The van der Waals surface area contributed by atoms with Gasteiger partial charge in [0.2, 0.25) is 0 Å². The largest absolute Gasteiger partial charge is 0.377 e. The van der Waals surface area contributed by atoms with Crippen LogP contribution in [0, 0.1) is 10.1 Å². The standard InChI is InChI=1S/C12H16BrN3O2/c1-15-6-4-10(5-7-15)14-11-8-9(13)2-3-12(11)16(17)18/h2-3,8,10,14H,4-7H2,1H3. The number of rotatable bonds is 3. The second-order valence-corrected chi connectivity index (χ2v) is 5.56. The molecular formula is C12H16BrN3O2. The maximum atomic E-state index is 11.0. The van der Waals surface area contributed by atoms with Crippen molar-refractivity contribution in [3.63, 3.8) is 0 Å². The third-order valence-electron chi connectivity index (χ3n) is 3.23. The third-order valence-corrected chi connectivity index (χ3v) is 3.73. The summed E-state index contributed by atoms with van der Waals surface area (Å²) in [4.78, 5) is 12.9. The summed E-state index contributed by atoms with van der Waals surface area (Å²) < 4.78 is 0.850. The Labute approximate surface area is 114 Å². The van der Waals surface area contributed by atoms with Crippen LogP contribution < -0.4 is 5.32 Å². The number of nitrogens with zero attached hydrogens (tertiary/aromatic N) is 2. The van der Waals surface area contributed by atoms with Crippen molar-refractivity contribution in [2.75, 3.05) is 25.5 Å². The van der Waals surface area contributed by atoms with Crippen LogP contribution in [0.5, 0.6) is 0 Å². The molecule has 0 unspecified atom stereocenters. The lowest BCUT2D eigenvalue weighted by atomic mass is 10.1. The van der Waals surface area contributed by atoms with Gasteiger partial charge in [-0.1, -0.05) is 15.9 Å². The number of nitro groups is 1. The van der Waals surface area contributed by atoms with Crippen molar-refractivity contribution in [2.24, 2.45) is 0 Å². The summed E-state index contributed by atoms with van der Waals surface area (Å²) >= 11 is 3.35. The minimum absolute atomic E-state index is 0.136. The first kappa shape index (κ1) is 13.3. The van der Waals surface area contributed by atoms with Crippen molar-refractivity contribution in [1.29, 1.82) is 0 Å². The number of benzene rings is 1. The van der Waals surface area contributed by atoms with Gasteiger partial charge in [0.1, 0.15) is 5.69 Å². The molecule has 0 amide bonds. The molecule has 6 heteroatoms. The second kappa shape index (κ2) is 5.67. The van der Waals surface area contributed by atoms with Gasteiger partial charge in [-0.3, -0.25) is 10.1 Å². The van der Waals surface area contributed by atoms with Crippen molar-refractivity contribution in [3.05, 3.63) is 32.8 Å². The molecular weight excluding hydrogens is 298 g/mol. The van der Waals surface area contributed by atoms with Gasteiger partial charge in [0.05, 0.1) is 4.92 Å². The van der Waals surface area contributed by atoms with E-state index >= 15 is 0 Å². The average molecular weight is 314 g/mol. The van der Waals surface area contributed by atoms with Crippen LogP contribution >= 0.6 is 15.9 Å². The van der Waals surface area contributed by atoms with Crippen LogP contribution in [0.25, 0.3) is 0 Å². The highest BCUT2D eigenvalue weighted by molar-refractivity contribution is 9.10. The van der Waals surface area contributed by atoms with E-state index in [1.54, 1.807) is 12.1 Å². The monoisotopic (exact) mass is 313 g/mol. The zero-order chi connectivity index (χ0) is 13.1. The molecule has 0 radical (unpaired) electrons. The Kier molecular flexibility index (Phi) is 4.19. The highest BCUT2D eigenvalue weighted by Gasteiger charge is 2.20.